The van der Waals surface area contributed by atoms with Crippen molar-refractivity contribution in [3.63, 3.8) is 0 Å². The molecule has 0 radical (unpaired) electrons. The number of nitrogens with one attached hydrogen (secondary N) is 1. The molecule has 1 rings (SSSR count). The topological polar surface area (TPSA) is 89.3 Å². The van der Waals surface area contributed by atoms with Gasteiger partial charge in [0.05, 0.1) is 4.90 Å². The number of amides is 1. The predicted molar refractivity (Wildman–Crippen MR) is 80.2 cm³/mol. The SMILES string of the molecule is Cc1cc(Br)c(S(=O)(=O)NCCCC(N)=O)cc1Br. The fourth-order valence-electron chi connectivity index (χ4n) is 1.38. The zero-order valence-electron chi connectivity index (χ0n) is 10.2. The molecule has 0 saturated carbocycles. The van der Waals surface area contributed by atoms with Gasteiger partial charge in [-0.15, -0.1) is 0 Å². The highest BCUT2D eigenvalue weighted by Gasteiger charge is 2.18. The zero-order valence-corrected chi connectivity index (χ0v) is 14.2. The molecular formula is C11H14Br2N2O3S. The average Bonchev–Trinajstić information content (AvgIpc) is 2.29. The molecule has 0 aliphatic carbocycles. The molecule has 1 amide bonds. The van der Waals surface area contributed by atoms with Gasteiger partial charge in [-0.25, -0.2) is 13.1 Å². The summed E-state index contributed by atoms with van der Waals surface area (Å²) in [5.74, 6) is -0.446. The lowest BCUT2D eigenvalue weighted by Gasteiger charge is -2.10. The monoisotopic (exact) mass is 412 g/mol. The Morgan fingerprint density at radius 3 is 2.53 bits per heavy atom. The van der Waals surface area contributed by atoms with E-state index in [0.717, 1.165) is 5.56 Å². The van der Waals surface area contributed by atoms with Crippen molar-refractivity contribution in [2.24, 2.45) is 5.73 Å². The Hall–Kier alpha value is -0.440. The van der Waals surface area contributed by atoms with Gasteiger partial charge in [0.15, 0.2) is 0 Å². The Morgan fingerprint density at radius 1 is 1.32 bits per heavy atom. The van der Waals surface area contributed by atoms with Gasteiger partial charge in [0.25, 0.3) is 0 Å². The number of hydrogen-bond donors (Lipinski definition) is 2. The molecule has 0 bridgehead atoms. The first-order chi connectivity index (χ1) is 8.74. The van der Waals surface area contributed by atoms with Crippen LogP contribution in [-0.4, -0.2) is 20.9 Å². The summed E-state index contributed by atoms with van der Waals surface area (Å²) in [6.45, 7) is 2.04. The third kappa shape index (κ3) is 4.87. The summed E-state index contributed by atoms with van der Waals surface area (Å²) in [5.41, 5.74) is 5.91. The van der Waals surface area contributed by atoms with Gasteiger partial charge < -0.3 is 5.73 Å². The van der Waals surface area contributed by atoms with Crippen LogP contribution in [0.15, 0.2) is 26.0 Å². The van der Waals surface area contributed by atoms with Crippen LogP contribution in [0.2, 0.25) is 0 Å². The smallest absolute Gasteiger partial charge is 0.241 e. The van der Waals surface area contributed by atoms with Gasteiger partial charge in [0, 0.05) is 21.9 Å². The molecule has 1 aromatic carbocycles. The lowest BCUT2D eigenvalue weighted by Crippen LogP contribution is -2.26. The molecule has 3 N–H and O–H groups in total. The summed E-state index contributed by atoms with van der Waals surface area (Å²) >= 11 is 6.53. The fraction of sp³-hybridized carbons (Fsp3) is 0.364. The van der Waals surface area contributed by atoms with Crippen molar-refractivity contribution in [3.05, 3.63) is 26.6 Å². The molecule has 0 fully saturated rings. The number of primary amides is 1. The van der Waals surface area contributed by atoms with Crippen LogP contribution in [0, 0.1) is 6.92 Å². The van der Waals surface area contributed by atoms with E-state index in [0.29, 0.717) is 15.4 Å². The summed E-state index contributed by atoms with van der Waals surface area (Å²) in [6, 6.07) is 3.26. The second kappa shape index (κ2) is 6.83. The fourth-order valence-corrected chi connectivity index (χ4v) is 4.13. The van der Waals surface area contributed by atoms with Crippen LogP contribution in [0.4, 0.5) is 0 Å². The van der Waals surface area contributed by atoms with E-state index in [1.165, 1.54) is 6.07 Å². The highest BCUT2D eigenvalue weighted by Crippen LogP contribution is 2.28. The van der Waals surface area contributed by atoms with Crippen LogP contribution >= 0.6 is 31.9 Å². The molecule has 0 unspecified atom stereocenters. The summed E-state index contributed by atoms with van der Waals surface area (Å²) in [5, 5.41) is 0. The van der Waals surface area contributed by atoms with E-state index in [1.807, 2.05) is 6.92 Å². The molecule has 0 aliphatic heterocycles. The van der Waals surface area contributed by atoms with Crippen LogP contribution in [0.25, 0.3) is 0 Å². The van der Waals surface area contributed by atoms with Gasteiger partial charge in [-0.3, -0.25) is 4.79 Å². The van der Waals surface area contributed by atoms with Crippen molar-refractivity contribution in [1.82, 2.24) is 4.72 Å². The highest BCUT2D eigenvalue weighted by molar-refractivity contribution is 9.11. The first-order valence-corrected chi connectivity index (χ1v) is 8.54. The van der Waals surface area contributed by atoms with Gasteiger partial charge in [-0.2, -0.15) is 0 Å². The van der Waals surface area contributed by atoms with Crippen LogP contribution < -0.4 is 10.5 Å². The van der Waals surface area contributed by atoms with Crippen molar-refractivity contribution >= 4 is 47.8 Å². The normalized spacial score (nSPS) is 11.5. The molecule has 19 heavy (non-hydrogen) atoms. The van der Waals surface area contributed by atoms with Crippen molar-refractivity contribution in [1.29, 1.82) is 0 Å². The minimum Gasteiger partial charge on any atom is -0.370 e. The van der Waals surface area contributed by atoms with Crippen LogP contribution in [0.1, 0.15) is 18.4 Å². The molecule has 5 nitrogen and oxygen atoms in total. The minimum absolute atomic E-state index is 0.154. The maximum atomic E-state index is 12.1. The lowest BCUT2D eigenvalue weighted by atomic mass is 10.2. The summed E-state index contributed by atoms with van der Waals surface area (Å²) in [4.78, 5) is 10.7. The molecule has 0 atom stereocenters. The molecule has 8 heteroatoms. The number of hydrogen-bond acceptors (Lipinski definition) is 3. The van der Waals surface area contributed by atoms with E-state index >= 15 is 0 Å². The van der Waals surface area contributed by atoms with E-state index in [-0.39, 0.29) is 17.9 Å². The van der Waals surface area contributed by atoms with E-state index in [1.54, 1.807) is 6.07 Å². The van der Waals surface area contributed by atoms with Crippen molar-refractivity contribution in [2.45, 2.75) is 24.7 Å². The van der Waals surface area contributed by atoms with Crippen LogP contribution in [0.5, 0.6) is 0 Å². The van der Waals surface area contributed by atoms with E-state index in [4.69, 9.17) is 5.73 Å². The third-order valence-corrected chi connectivity index (χ3v) is 5.67. The summed E-state index contributed by atoms with van der Waals surface area (Å²) < 4.78 is 27.8. The van der Waals surface area contributed by atoms with Crippen molar-refractivity contribution in [2.75, 3.05) is 6.54 Å². The van der Waals surface area contributed by atoms with Gasteiger partial charge in [-0.05, 0) is 47.0 Å². The first kappa shape index (κ1) is 16.6. The molecule has 106 valence electrons. The highest BCUT2D eigenvalue weighted by atomic mass is 79.9. The summed E-state index contributed by atoms with van der Waals surface area (Å²) in [7, 11) is -3.61. The number of sulfonamides is 1. The quantitative estimate of drug-likeness (QED) is 0.699. The number of halogens is 2. The second-order valence-corrected chi connectivity index (χ2v) is 7.44. The first-order valence-electron chi connectivity index (χ1n) is 5.47. The molecule has 0 spiro atoms. The predicted octanol–water partition coefficient (Wildman–Crippen LogP) is 2.06. The van der Waals surface area contributed by atoms with E-state index in [9.17, 15) is 13.2 Å². The Kier molecular flexibility index (Phi) is 5.97. The zero-order chi connectivity index (χ0) is 14.6. The van der Waals surface area contributed by atoms with Gasteiger partial charge in [-0.1, -0.05) is 15.9 Å². The van der Waals surface area contributed by atoms with Crippen molar-refractivity contribution < 1.29 is 13.2 Å². The molecule has 1 aromatic rings. The van der Waals surface area contributed by atoms with E-state index < -0.39 is 15.9 Å². The Morgan fingerprint density at radius 2 is 1.95 bits per heavy atom. The van der Waals surface area contributed by atoms with Crippen LogP contribution in [0.3, 0.4) is 0 Å². The number of aryl methyl sites for hydroxylation is 1. The molecule has 0 heterocycles. The number of carbonyl (C=O) groups is 1. The molecule has 0 aromatic heterocycles. The Bertz CT molecular complexity index is 588. The van der Waals surface area contributed by atoms with Gasteiger partial charge >= 0.3 is 0 Å². The third-order valence-electron chi connectivity index (χ3n) is 2.39. The maximum absolute atomic E-state index is 12.1. The largest absolute Gasteiger partial charge is 0.370 e. The van der Waals surface area contributed by atoms with Crippen LogP contribution in [-0.2, 0) is 14.8 Å². The van der Waals surface area contributed by atoms with Crippen molar-refractivity contribution in [3.8, 4) is 0 Å². The lowest BCUT2D eigenvalue weighted by molar-refractivity contribution is -0.118. The maximum Gasteiger partial charge on any atom is 0.241 e. The number of carbonyl (C=O) groups excluding carboxylic acids is 1. The molecule has 0 aliphatic rings. The Labute approximate surface area is 129 Å². The number of nitrogens with two attached hydrogens (primary N) is 1. The second-order valence-electron chi connectivity index (χ2n) is 4.00. The number of benzene rings is 1. The average molecular weight is 414 g/mol. The molecular weight excluding hydrogens is 400 g/mol. The standard InChI is InChI=1S/C11H14Br2N2O3S/c1-7-5-9(13)10(6-8(7)12)19(17,18)15-4-2-3-11(14)16/h5-6,15H,2-4H2,1H3,(H2,14,16). The van der Waals surface area contributed by atoms with Gasteiger partial charge in [0.2, 0.25) is 15.9 Å². The molecule has 0 saturated heterocycles. The van der Waals surface area contributed by atoms with E-state index in [2.05, 4.69) is 36.6 Å². The number of rotatable bonds is 6. The van der Waals surface area contributed by atoms with Gasteiger partial charge in [0.1, 0.15) is 0 Å². The summed E-state index contributed by atoms with van der Waals surface area (Å²) in [6.07, 6.45) is 0.528. The minimum atomic E-state index is -3.61. The Balaban J connectivity index is 2.83.